The van der Waals surface area contributed by atoms with Gasteiger partial charge in [0.15, 0.2) is 0 Å². The van der Waals surface area contributed by atoms with Gasteiger partial charge in [0.05, 0.1) is 6.54 Å². The summed E-state index contributed by atoms with van der Waals surface area (Å²) in [6.45, 7) is 8.53. The first-order chi connectivity index (χ1) is 9.69. The van der Waals surface area contributed by atoms with Gasteiger partial charge in [-0.15, -0.1) is 0 Å². The number of piperidine rings is 1. The molecule has 1 aromatic carbocycles. The number of rotatable bonds is 5. The molecule has 1 heterocycles. The van der Waals surface area contributed by atoms with Crippen LogP contribution >= 0.6 is 0 Å². The highest BCUT2D eigenvalue weighted by Crippen LogP contribution is 2.16. The van der Waals surface area contributed by atoms with E-state index < -0.39 is 0 Å². The second-order valence-electron chi connectivity index (χ2n) is 5.88. The van der Waals surface area contributed by atoms with E-state index in [2.05, 4.69) is 43.0 Å². The quantitative estimate of drug-likeness (QED) is 0.824. The second-order valence-corrected chi connectivity index (χ2v) is 5.88. The molecular weight excluding hydrogens is 248 g/mol. The predicted octanol–water partition coefficient (Wildman–Crippen LogP) is 2.77. The maximum Gasteiger partial charge on any atom is 0.236 e. The molecule has 1 amide bonds. The molecule has 1 saturated heterocycles. The van der Waals surface area contributed by atoms with E-state index in [1.165, 1.54) is 12.0 Å². The van der Waals surface area contributed by atoms with Crippen LogP contribution in [0, 0.1) is 5.92 Å². The van der Waals surface area contributed by atoms with Crippen molar-refractivity contribution in [3.8, 4) is 0 Å². The molecule has 0 saturated carbocycles. The summed E-state index contributed by atoms with van der Waals surface area (Å²) in [5.41, 5.74) is 1.27. The standard InChI is InChI=1S/C17H26N2O/c1-3-18(13-16-9-5-4-6-10-16)14-17(20)19-11-7-8-15(2)12-19/h4-6,9-10,15H,3,7-8,11-14H2,1-2H3. The minimum atomic E-state index is 0.286. The van der Waals surface area contributed by atoms with Crippen molar-refractivity contribution in [2.75, 3.05) is 26.2 Å². The van der Waals surface area contributed by atoms with Crippen LogP contribution in [0.5, 0.6) is 0 Å². The van der Waals surface area contributed by atoms with Crippen molar-refractivity contribution in [3.05, 3.63) is 35.9 Å². The highest BCUT2D eigenvalue weighted by molar-refractivity contribution is 5.78. The lowest BCUT2D eigenvalue weighted by molar-refractivity contribution is -0.134. The Kier molecular flexibility index (Phi) is 5.60. The smallest absolute Gasteiger partial charge is 0.236 e. The molecule has 1 aliphatic rings. The van der Waals surface area contributed by atoms with Crippen molar-refractivity contribution in [1.82, 2.24) is 9.80 Å². The molecule has 0 bridgehead atoms. The highest BCUT2D eigenvalue weighted by atomic mass is 16.2. The molecule has 20 heavy (non-hydrogen) atoms. The van der Waals surface area contributed by atoms with Gasteiger partial charge in [-0.05, 0) is 30.9 Å². The zero-order valence-corrected chi connectivity index (χ0v) is 12.7. The molecule has 3 heteroatoms. The summed E-state index contributed by atoms with van der Waals surface area (Å²) < 4.78 is 0. The number of hydrogen-bond donors (Lipinski definition) is 0. The van der Waals surface area contributed by atoms with E-state index in [4.69, 9.17) is 0 Å². The molecule has 1 aliphatic heterocycles. The van der Waals surface area contributed by atoms with E-state index in [9.17, 15) is 4.79 Å². The van der Waals surface area contributed by atoms with Crippen molar-refractivity contribution in [2.24, 2.45) is 5.92 Å². The SMILES string of the molecule is CCN(CC(=O)N1CCCC(C)C1)Cc1ccccc1. The van der Waals surface area contributed by atoms with Gasteiger partial charge in [-0.1, -0.05) is 44.2 Å². The van der Waals surface area contributed by atoms with Crippen LogP contribution < -0.4 is 0 Å². The predicted molar refractivity (Wildman–Crippen MR) is 82.4 cm³/mol. The van der Waals surface area contributed by atoms with Crippen LogP contribution in [0.2, 0.25) is 0 Å². The molecule has 1 unspecified atom stereocenters. The van der Waals surface area contributed by atoms with Gasteiger partial charge >= 0.3 is 0 Å². The molecule has 0 radical (unpaired) electrons. The van der Waals surface area contributed by atoms with Crippen LogP contribution in [0.3, 0.4) is 0 Å². The maximum atomic E-state index is 12.4. The van der Waals surface area contributed by atoms with Crippen LogP contribution in [0.15, 0.2) is 30.3 Å². The van der Waals surface area contributed by atoms with Crippen molar-refractivity contribution < 1.29 is 4.79 Å². The Labute approximate surface area is 122 Å². The van der Waals surface area contributed by atoms with Gasteiger partial charge in [-0.25, -0.2) is 0 Å². The summed E-state index contributed by atoms with van der Waals surface area (Å²) in [4.78, 5) is 16.7. The van der Waals surface area contributed by atoms with Gasteiger partial charge in [0, 0.05) is 19.6 Å². The lowest BCUT2D eigenvalue weighted by atomic mass is 10.0. The Balaban J connectivity index is 1.87. The summed E-state index contributed by atoms with van der Waals surface area (Å²) in [6.07, 6.45) is 2.41. The topological polar surface area (TPSA) is 23.6 Å². The molecular formula is C17H26N2O. The minimum Gasteiger partial charge on any atom is -0.341 e. The third-order valence-electron chi connectivity index (χ3n) is 4.06. The fourth-order valence-electron chi connectivity index (χ4n) is 2.83. The van der Waals surface area contributed by atoms with Gasteiger partial charge in [-0.3, -0.25) is 9.69 Å². The second kappa shape index (κ2) is 7.44. The average molecular weight is 274 g/mol. The first kappa shape index (κ1) is 15.0. The van der Waals surface area contributed by atoms with Gasteiger partial charge in [0.25, 0.3) is 0 Å². The highest BCUT2D eigenvalue weighted by Gasteiger charge is 2.22. The lowest BCUT2D eigenvalue weighted by Gasteiger charge is -2.32. The maximum absolute atomic E-state index is 12.4. The van der Waals surface area contributed by atoms with Crippen LogP contribution in [-0.2, 0) is 11.3 Å². The zero-order chi connectivity index (χ0) is 14.4. The number of likely N-dealkylation sites (N-methyl/N-ethyl adjacent to an activating group) is 1. The first-order valence-electron chi connectivity index (χ1n) is 7.73. The molecule has 1 fully saturated rings. The molecule has 2 rings (SSSR count). The molecule has 1 aromatic rings. The fourth-order valence-corrected chi connectivity index (χ4v) is 2.83. The van der Waals surface area contributed by atoms with E-state index >= 15 is 0 Å². The fraction of sp³-hybridized carbons (Fsp3) is 0.588. The average Bonchev–Trinajstić information content (AvgIpc) is 2.47. The van der Waals surface area contributed by atoms with E-state index in [1.807, 2.05) is 11.0 Å². The van der Waals surface area contributed by atoms with Gasteiger partial charge in [0.2, 0.25) is 5.91 Å². The Hall–Kier alpha value is -1.35. The molecule has 3 nitrogen and oxygen atoms in total. The molecule has 0 aromatic heterocycles. The summed E-state index contributed by atoms with van der Waals surface area (Å²) in [5.74, 6) is 0.936. The van der Waals surface area contributed by atoms with E-state index in [0.29, 0.717) is 12.5 Å². The van der Waals surface area contributed by atoms with Crippen LogP contribution in [-0.4, -0.2) is 41.9 Å². The molecule has 110 valence electrons. The van der Waals surface area contributed by atoms with Gasteiger partial charge < -0.3 is 4.90 Å². The Morgan fingerprint density at radius 1 is 1.35 bits per heavy atom. The van der Waals surface area contributed by atoms with Crippen molar-refractivity contribution in [3.63, 3.8) is 0 Å². The van der Waals surface area contributed by atoms with Crippen molar-refractivity contribution in [1.29, 1.82) is 0 Å². The number of benzene rings is 1. The first-order valence-corrected chi connectivity index (χ1v) is 7.73. The summed E-state index contributed by atoms with van der Waals surface area (Å²) in [6, 6.07) is 10.4. The van der Waals surface area contributed by atoms with E-state index in [1.54, 1.807) is 0 Å². The monoisotopic (exact) mass is 274 g/mol. The summed E-state index contributed by atoms with van der Waals surface area (Å²) >= 11 is 0. The third kappa shape index (κ3) is 4.34. The largest absolute Gasteiger partial charge is 0.341 e. The summed E-state index contributed by atoms with van der Waals surface area (Å²) in [7, 11) is 0. The molecule has 0 N–H and O–H groups in total. The van der Waals surface area contributed by atoms with Crippen molar-refractivity contribution in [2.45, 2.75) is 33.2 Å². The molecule has 1 atom stereocenters. The number of nitrogens with zero attached hydrogens (tertiary/aromatic N) is 2. The Bertz CT molecular complexity index is 418. The van der Waals surface area contributed by atoms with Crippen LogP contribution in [0.25, 0.3) is 0 Å². The minimum absolute atomic E-state index is 0.286. The number of amides is 1. The Morgan fingerprint density at radius 2 is 2.10 bits per heavy atom. The van der Waals surface area contributed by atoms with Crippen molar-refractivity contribution >= 4 is 5.91 Å². The Morgan fingerprint density at radius 3 is 2.75 bits per heavy atom. The van der Waals surface area contributed by atoms with Gasteiger partial charge in [0.1, 0.15) is 0 Å². The number of hydrogen-bond acceptors (Lipinski definition) is 2. The van der Waals surface area contributed by atoms with Crippen LogP contribution in [0.4, 0.5) is 0 Å². The normalized spacial score (nSPS) is 19.4. The number of carbonyl (C=O) groups is 1. The molecule has 0 spiro atoms. The number of carbonyl (C=O) groups excluding carboxylic acids is 1. The number of likely N-dealkylation sites (tertiary alicyclic amines) is 1. The van der Waals surface area contributed by atoms with Gasteiger partial charge in [-0.2, -0.15) is 0 Å². The zero-order valence-electron chi connectivity index (χ0n) is 12.7. The summed E-state index contributed by atoms with van der Waals surface area (Å²) in [5, 5.41) is 0. The molecule has 0 aliphatic carbocycles. The lowest BCUT2D eigenvalue weighted by Crippen LogP contribution is -2.44. The van der Waals surface area contributed by atoms with E-state index in [-0.39, 0.29) is 5.91 Å². The van der Waals surface area contributed by atoms with Crippen LogP contribution in [0.1, 0.15) is 32.3 Å². The third-order valence-corrected chi connectivity index (χ3v) is 4.06. The van der Waals surface area contributed by atoms with E-state index in [0.717, 1.165) is 32.6 Å².